The van der Waals surface area contributed by atoms with Crippen molar-refractivity contribution in [3.8, 4) is 11.1 Å². The lowest BCUT2D eigenvalue weighted by molar-refractivity contribution is -0.148. The van der Waals surface area contributed by atoms with Crippen LogP contribution in [-0.2, 0) is 20.7 Å². The number of nitrogens with one attached hydrogen (secondary N) is 3. The van der Waals surface area contributed by atoms with Crippen LogP contribution in [0.3, 0.4) is 0 Å². The molecular weight excluding hydrogens is 501 g/mol. The van der Waals surface area contributed by atoms with E-state index in [0.29, 0.717) is 48.7 Å². The molecule has 0 spiro atoms. The van der Waals surface area contributed by atoms with Crippen LogP contribution in [0.4, 0.5) is 4.39 Å². The fraction of sp³-hybridized carbons (Fsp3) is 0.385. The molecule has 2 aromatic carbocycles. The van der Waals surface area contributed by atoms with Gasteiger partial charge >= 0.3 is 5.97 Å². The van der Waals surface area contributed by atoms with E-state index in [-0.39, 0.29) is 24.1 Å². The summed E-state index contributed by atoms with van der Waals surface area (Å²) in [5.74, 6) is -1.63. The van der Waals surface area contributed by atoms with E-state index in [1.165, 1.54) is 18.3 Å². The third-order valence-corrected chi connectivity index (χ3v) is 5.96. The number of carbonyl (C=O) groups is 2. The molecule has 1 amide bonds. The van der Waals surface area contributed by atoms with Gasteiger partial charge < -0.3 is 20.1 Å². The molecule has 198 valence electrons. The monoisotopic (exact) mass is 531 g/mol. The Bertz CT molecular complexity index is 1140. The summed E-state index contributed by atoms with van der Waals surface area (Å²) < 4.78 is 24.6. The van der Waals surface area contributed by atoms with Crippen molar-refractivity contribution >= 4 is 23.5 Å². The van der Waals surface area contributed by atoms with Gasteiger partial charge in [0.05, 0.1) is 25.3 Å². The van der Waals surface area contributed by atoms with E-state index < -0.39 is 17.9 Å². The number of methoxy groups -OCH3 is 1. The van der Waals surface area contributed by atoms with Gasteiger partial charge in [0.2, 0.25) is 0 Å². The SMILES string of the molecule is CCOC(=O)C(CNCCOC)CC(Cc1ccc(-c2cc(Cl)ccc2F)cc1)NC(=O)c1cn[nH]n1. The highest BCUT2D eigenvalue weighted by atomic mass is 35.5. The highest BCUT2D eigenvalue weighted by molar-refractivity contribution is 6.30. The maximum absolute atomic E-state index is 14.3. The molecule has 3 aromatic rings. The highest BCUT2D eigenvalue weighted by Crippen LogP contribution is 2.27. The summed E-state index contributed by atoms with van der Waals surface area (Å²) in [5.41, 5.74) is 2.12. The molecular formula is C26H31ClFN5O4. The Balaban J connectivity index is 1.78. The van der Waals surface area contributed by atoms with Crippen LogP contribution in [0.25, 0.3) is 11.1 Å². The van der Waals surface area contributed by atoms with Crippen molar-refractivity contribution in [1.82, 2.24) is 26.0 Å². The summed E-state index contributed by atoms with van der Waals surface area (Å²) in [6.07, 6.45) is 2.08. The van der Waals surface area contributed by atoms with Crippen molar-refractivity contribution in [3.63, 3.8) is 0 Å². The minimum Gasteiger partial charge on any atom is -0.466 e. The second-order valence-electron chi connectivity index (χ2n) is 8.43. The summed E-state index contributed by atoms with van der Waals surface area (Å²) in [5, 5.41) is 16.6. The van der Waals surface area contributed by atoms with Crippen molar-refractivity contribution in [1.29, 1.82) is 0 Å². The van der Waals surface area contributed by atoms with Gasteiger partial charge in [-0.3, -0.25) is 9.59 Å². The molecule has 9 nitrogen and oxygen atoms in total. The molecule has 0 aliphatic heterocycles. The van der Waals surface area contributed by atoms with E-state index in [1.807, 2.05) is 12.1 Å². The van der Waals surface area contributed by atoms with E-state index >= 15 is 0 Å². The number of nitrogens with zero attached hydrogens (tertiary/aromatic N) is 2. The van der Waals surface area contributed by atoms with Crippen molar-refractivity contribution < 1.29 is 23.5 Å². The smallest absolute Gasteiger partial charge is 0.310 e. The summed E-state index contributed by atoms with van der Waals surface area (Å²) >= 11 is 6.04. The highest BCUT2D eigenvalue weighted by Gasteiger charge is 2.26. The molecule has 0 aliphatic carbocycles. The summed E-state index contributed by atoms with van der Waals surface area (Å²) in [7, 11) is 1.60. The van der Waals surface area contributed by atoms with Gasteiger partial charge in [0.1, 0.15) is 5.82 Å². The average molecular weight is 532 g/mol. The quantitative estimate of drug-likeness (QED) is 0.215. The Morgan fingerprint density at radius 2 is 1.97 bits per heavy atom. The third-order valence-electron chi connectivity index (χ3n) is 5.72. The van der Waals surface area contributed by atoms with Gasteiger partial charge in [-0.1, -0.05) is 35.9 Å². The molecule has 2 unspecified atom stereocenters. The first kappa shape index (κ1) is 28.2. The van der Waals surface area contributed by atoms with Crippen LogP contribution in [0.2, 0.25) is 5.02 Å². The molecule has 0 fully saturated rings. The Labute approximate surface area is 220 Å². The molecule has 0 aliphatic rings. The summed E-state index contributed by atoms with van der Waals surface area (Å²) in [6, 6.07) is 11.3. The molecule has 0 saturated heterocycles. The molecule has 1 aromatic heterocycles. The van der Waals surface area contributed by atoms with Gasteiger partial charge in [-0.05, 0) is 49.1 Å². The minimum absolute atomic E-state index is 0.141. The number of carbonyl (C=O) groups excluding carboxylic acids is 2. The number of aromatic nitrogens is 3. The number of H-pyrrole nitrogens is 1. The zero-order chi connectivity index (χ0) is 26.6. The lowest BCUT2D eigenvalue weighted by Crippen LogP contribution is -2.42. The Morgan fingerprint density at radius 3 is 2.65 bits per heavy atom. The second kappa shape index (κ2) is 14.4. The lowest BCUT2D eigenvalue weighted by Gasteiger charge is -2.24. The Morgan fingerprint density at radius 1 is 1.19 bits per heavy atom. The van der Waals surface area contributed by atoms with Crippen LogP contribution in [0, 0.1) is 11.7 Å². The maximum Gasteiger partial charge on any atom is 0.310 e. The van der Waals surface area contributed by atoms with Crippen LogP contribution in [0.15, 0.2) is 48.7 Å². The molecule has 0 saturated carbocycles. The number of benzene rings is 2. The molecule has 1 heterocycles. The largest absolute Gasteiger partial charge is 0.466 e. The Kier molecular flexibility index (Phi) is 11.0. The van der Waals surface area contributed by atoms with Crippen molar-refractivity contribution in [3.05, 3.63) is 70.8 Å². The lowest BCUT2D eigenvalue weighted by atomic mass is 9.93. The molecule has 3 rings (SSSR count). The van der Waals surface area contributed by atoms with Gasteiger partial charge in [-0.2, -0.15) is 15.4 Å². The number of hydrogen-bond donors (Lipinski definition) is 3. The number of rotatable bonds is 14. The van der Waals surface area contributed by atoms with E-state index in [9.17, 15) is 14.0 Å². The first-order chi connectivity index (χ1) is 17.9. The summed E-state index contributed by atoms with van der Waals surface area (Å²) in [6.45, 7) is 3.45. The molecule has 0 bridgehead atoms. The number of ether oxygens (including phenoxy) is 2. The fourth-order valence-electron chi connectivity index (χ4n) is 3.90. The van der Waals surface area contributed by atoms with Crippen molar-refractivity contribution in [2.75, 3.05) is 33.4 Å². The molecule has 3 N–H and O–H groups in total. The summed E-state index contributed by atoms with van der Waals surface area (Å²) in [4.78, 5) is 25.4. The fourth-order valence-corrected chi connectivity index (χ4v) is 4.08. The second-order valence-corrected chi connectivity index (χ2v) is 8.87. The van der Waals surface area contributed by atoms with E-state index in [1.54, 1.807) is 32.2 Å². The minimum atomic E-state index is -0.501. The molecule has 37 heavy (non-hydrogen) atoms. The number of amides is 1. The first-order valence-corrected chi connectivity index (χ1v) is 12.4. The van der Waals surface area contributed by atoms with Gasteiger partial charge in [0.25, 0.3) is 5.91 Å². The Hall–Kier alpha value is -3.34. The van der Waals surface area contributed by atoms with Gasteiger partial charge in [-0.25, -0.2) is 4.39 Å². The standard InChI is InChI=1S/C26H31ClFN5O4/c1-3-37-26(35)19(15-29-10-11-36-2)13-21(31-25(34)24-16-30-33-32-24)12-17-4-6-18(7-5-17)22-14-20(27)8-9-23(22)28/h4-9,14,16,19,21,29H,3,10-13,15H2,1-2H3,(H,31,34)(H,30,32,33). The number of aromatic amines is 1. The van der Waals surface area contributed by atoms with Gasteiger partial charge in [0, 0.05) is 36.8 Å². The number of halogens is 2. The van der Waals surface area contributed by atoms with Crippen LogP contribution in [0.5, 0.6) is 0 Å². The zero-order valence-corrected chi connectivity index (χ0v) is 21.6. The zero-order valence-electron chi connectivity index (χ0n) is 20.8. The van der Waals surface area contributed by atoms with E-state index in [2.05, 4.69) is 26.0 Å². The van der Waals surface area contributed by atoms with Crippen molar-refractivity contribution in [2.45, 2.75) is 25.8 Å². The molecule has 0 radical (unpaired) electrons. The number of hydrogen-bond acceptors (Lipinski definition) is 7. The predicted molar refractivity (Wildman–Crippen MR) is 138 cm³/mol. The van der Waals surface area contributed by atoms with Crippen LogP contribution in [-0.4, -0.2) is 66.7 Å². The molecule has 2 atom stereocenters. The average Bonchev–Trinajstić information content (AvgIpc) is 3.43. The van der Waals surface area contributed by atoms with E-state index in [4.69, 9.17) is 21.1 Å². The van der Waals surface area contributed by atoms with Crippen LogP contribution >= 0.6 is 11.6 Å². The third kappa shape index (κ3) is 8.63. The van der Waals surface area contributed by atoms with E-state index in [0.717, 1.165) is 5.56 Å². The number of esters is 1. The van der Waals surface area contributed by atoms with Gasteiger partial charge in [0.15, 0.2) is 5.69 Å². The topological polar surface area (TPSA) is 118 Å². The van der Waals surface area contributed by atoms with Crippen LogP contribution < -0.4 is 10.6 Å². The first-order valence-electron chi connectivity index (χ1n) is 12.0. The maximum atomic E-state index is 14.3. The predicted octanol–water partition coefficient (Wildman–Crippen LogP) is 3.41. The van der Waals surface area contributed by atoms with Crippen molar-refractivity contribution in [2.24, 2.45) is 5.92 Å². The normalized spacial score (nSPS) is 12.6. The van der Waals surface area contributed by atoms with Crippen LogP contribution in [0.1, 0.15) is 29.4 Å². The van der Waals surface area contributed by atoms with Gasteiger partial charge in [-0.15, -0.1) is 0 Å². The molecule has 11 heteroatoms.